The molecule has 5 nitrogen and oxygen atoms in total. The molecule has 3 N–H and O–H groups in total. The number of hydrogen-bond acceptors (Lipinski definition) is 3. The van der Waals surface area contributed by atoms with Gasteiger partial charge in [0.05, 0.1) is 0 Å². The minimum atomic E-state index is -0.833. The molecule has 0 heterocycles. The molecule has 0 aromatic carbocycles. The predicted molar refractivity (Wildman–Crippen MR) is 32.5 cm³/mol. The summed E-state index contributed by atoms with van der Waals surface area (Å²) in [5, 5.41) is 7.53. The molecule has 0 spiro atoms. The standard InChI is InChI=1S/CH3O.Al.2HO2P/c1-2;;2*1-3-2/h2H,1H2;;2*(H,1,2)/q;+2;;. The summed E-state index contributed by atoms with van der Waals surface area (Å²) in [5.41, 5.74) is 0.167. The molecule has 0 amide bonds. The fraction of sp³-hybridized carbons (Fsp3) is 1.00. The number of hydrogen-bond donors (Lipinski definition) is 3. The Balaban J connectivity index is -0.0000000600. The van der Waals surface area contributed by atoms with Gasteiger partial charge in [0.15, 0.2) is 0 Å². The van der Waals surface area contributed by atoms with Crippen LogP contribution in [-0.4, -0.2) is 36.7 Å². The molecule has 0 aliphatic rings. The Morgan fingerprint density at radius 3 is 1.22 bits per heavy atom. The summed E-state index contributed by atoms with van der Waals surface area (Å²) in [6.45, 7) is 0. The second-order valence-electron chi connectivity index (χ2n) is 0.346. The van der Waals surface area contributed by atoms with Gasteiger partial charge < -0.3 is 9.79 Å². The molecule has 0 aliphatic heterocycles. The van der Waals surface area contributed by atoms with Gasteiger partial charge in [-0.25, -0.2) is 9.13 Å². The molecule has 0 bridgehead atoms. The van der Waals surface area contributed by atoms with Gasteiger partial charge in [-0.15, -0.1) is 0 Å². The zero-order valence-electron chi connectivity index (χ0n) is 4.34. The van der Waals surface area contributed by atoms with Crippen molar-refractivity contribution in [1.29, 1.82) is 0 Å². The van der Waals surface area contributed by atoms with Crippen LogP contribution in [0.1, 0.15) is 0 Å². The van der Waals surface area contributed by atoms with Crippen molar-refractivity contribution in [2.45, 2.75) is 0 Å². The summed E-state index contributed by atoms with van der Waals surface area (Å²) in [4.78, 5) is 14.0. The quantitative estimate of drug-likeness (QED) is 0.349. The second-order valence-corrected chi connectivity index (χ2v) is 1.04. The van der Waals surface area contributed by atoms with Crippen LogP contribution >= 0.6 is 17.4 Å². The van der Waals surface area contributed by atoms with Crippen molar-refractivity contribution in [3.63, 3.8) is 0 Å². The Morgan fingerprint density at radius 1 is 1.22 bits per heavy atom. The van der Waals surface area contributed by atoms with Gasteiger partial charge in [-0.2, -0.15) is 0 Å². The van der Waals surface area contributed by atoms with Crippen molar-refractivity contribution in [3.8, 4) is 0 Å². The number of aliphatic hydroxyl groups excluding tert-OH is 1. The minimum absolute atomic E-state index is 0.167. The Labute approximate surface area is 63.7 Å². The summed E-state index contributed by atoms with van der Waals surface area (Å²) >= 11 is 2.13. The first-order chi connectivity index (χ1) is 4.24. The summed E-state index contributed by atoms with van der Waals surface area (Å²) < 4.78 is 16.9. The van der Waals surface area contributed by atoms with Crippen molar-refractivity contribution in [3.05, 3.63) is 0 Å². The van der Waals surface area contributed by atoms with Crippen LogP contribution in [0.5, 0.6) is 0 Å². The Morgan fingerprint density at radius 2 is 1.22 bits per heavy atom. The van der Waals surface area contributed by atoms with E-state index in [0.717, 1.165) is 0 Å². The van der Waals surface area contributed by atoms with Crippen LogP contribution in [0.2, 0.25) is 0 Å². The van der Waals surface area contributed by atoms with Crippen molar-refractivity contribution in [2.24, 2.45) is 0 Å². The van der Waals surface area contributed by atoms with Crippen molar-refractivity contribution in [2.75, 3.05) is 5.47 Å². The van der Waals surface area contributed by atoms with E-state index >= 15 is 0 Å². The predicted octanol–water partition coefficient (Wildman–Crippen LogP) is -0.524. The molecule has 0 unspecified atom stereocenters. The number of aliphatic hydroxyl groups is 1. The third-order valence-electron chi connectivity index (χ3n) is 0. The zero-order chi connectivity index (χ0) is 8.12. The molecule has 0 saturated carbocycles. The van der Waals surface area contributed by atoms with Gasteiger partial charge in [0, 0.05) is 0 Å². The van der Waals surface area contributed by atoms with E-state index in [2.05, 4.69) is 16.3 Å². The molecule has 0 rings (SSSR count). The van der Waals surface area contributed by atoms with E-state index in [1.54, 1.807) is 0 Å². The molecule has 8 heteroatoms. The van der Waals surface area contributed by atoms with Crippen molar-refractivity contribution < 1.29 is 24.0 Å². The van der Waals surface area contributed by atoms with Crippen LogP contribution in [0, 0.1) is 0 Å². The van der Waals surface area contributed by atoms with E-state index in [9.17, 15) is 0 Å². The van der Waals surface area contributed by atoms with Crippen molar-refractivity contribution in [1.82, 2.24) is 0 Å². The van der Waals surface area contributed by atoms with E-state index in [1.165, 1.54) is 0 Å². The molecular formula is CH5AlO5P2+2. The first kappa shape index (κ1) is 16.3. The molecule has 0 fully saturated rings. The molecule has 50 valence electrons. The maximum atomic E-state index is 8.46. The fourth-order valence-electron chi connectivity index (χ4n) is 0. The summed E-state index contributed by atoms with van der Waals surface area (Å²) in [5.74, 6) is 0. The Kier molecular flexibility index (Phi) is 69.3. The molecule has 0 saturated heterocycles. The molecule has 0 radical (unpaired) electrons. The number of rotatable bonds is 0. The Bertz CT molecular complexity index is 44.2. The summed E-state index contributed by atoms with van der Waals surface area (Å²) in [7, 11) is -1.67. The normalized spacial score (nSPS) is 6.78. The fourth-order valence-corrected chi connectivity index (χ4v) is 0. The first-order valence-electron chi connectivity index (χ1n) is 1.49. The van der Waals surface area contributed by atoms with E-state index in [-0.39, 0.29) is 5.47 Å². The van der Waals surface area contributed by atoms with Gasteiger partial charge in [0.25, 0.3) is 0 Å². The van der Waals surface area contributed by atoms with Crippen LogP contribution in [-0.2, 0) is 9.13 Å². The molecule has 0 aromatic rings. The van der Waals surface area contributed by atoms with Crippen molar-refractivity contribution >= 4 is 33.7 Å². The van der Waals surface area contributed by atoms with Gasteiger partial charge in [0.2, 0.25) is 0 Å². The van der Waals surface area contributed by atoms with Crippen LogP contribution < -0.4 is 0 Å². The molecule has 0 aliphatic carbocycles. The van der Waals surface area contributed by atoms with E-state index in [1.807, 2.05) is 0 Å². The summed E-state index contributed by atoms with van der Waals surface area (Å²) in [6.07, 6.45) is 0. The van der Waals surface area contributed by atoms with Crippen LogP contribution in [0.25, 0.3) is 0 Å². The molecule has 0 aromatic heterocycles. The van der Waals surface area contributed by atoms with Gasteiger partial charge in [0.1, 0.15) is 0 Å². The van der Waals surface area contributed by atoms with E-state index in [0.29, 0.717) is 0 Å². The summed E-state index contributed by atoms with van der Waals surface area (Å²) in [6, 6.07) is 0. The zero-order valence-corrected chi connectivity index (χ0v) is 7.28. The molecule has 0 atom stereocenters. The Hall–Kier alpha value is 0.612. The van der Waals surface area contributed by atoms with Gasteiger partial charge in [-0.3, -0.25) is 0 Å². The second kappa shape index (κ2) is 38.2. The van der Waals surface area contributed by atoms with E-state index in [4.69, 9.17) is 24.0 Å². The topological polar surface area (TPSA) is 94.8 Å². The van der Waals surface area contributed by atoms with Crippen LogP contribution in [0.4, 0.5) is 0 Å². The monoisotopic (exact) mass is 186 g/mol. The molecular weight excluding hydrogens is 181 g/mol. The average Bonchev–Trinajstić information content (AvgIpc) is 1.70. The average molecular weight is 186 g/mol. The third kappa shape index (κ3) is 1000. The maximum absolute atomic E-state index is 8.46. The first-order valence-corrected chi connectivity index (χ1v) is 3.84. The van der Waals surface area contributed by atoms with Gasteiger partial charge in [-0.05, 0) is 0 Å². The third-order valence-corrected chi connectivity index (χ3v) is 0. The SMILES string of the molecule is O=PO.O=PO.O[CH2][Al+2]. The van der Waals surface area contributed by atoms with E-state index < -0.39 is 17.4 Å². The molecule has 9 heavy (non-hydrogen) atoms. The van der Waals surface area contributed by atoms with Crippen LogP contribution in [0.3, 0.4) is 0 Å². The van der Waals surface area contributed by atoms with Gasteiger partial charge in [-0.1, -0.05) is 0 Å². The van der Waals surface area contributed by atoms with Crippen LogP contribution in [0.15, 0.2) is 0 Å². The van der Waals surface area contributed by atoms with Gasteiger partial charge >= 0.3 is 44.2 Å².